The summed E-state index contributed by atoms with van der Waals surface area (Å²) in [6.45, 7) is 8.99. The number of para-hydroxylation sites is 1. The van der Waals surface area contributed by atoms with Crippen LogP contribution >= 0.6 is 0 Å². The zero-order valence-corrected chi connectivity index (χ0v) is 13.0. The van der Waals surface area contributed by atoms with Crippen molar-refractivity contribution in [2.24, 2.45) is 5.92 Å². The van der Waals surface area contributed by atoms with Crippen LogP contribution in [-0.4, -0.2) is 35.6 Å². The second-order valence-electron chi connectivity index (χ2n) is 6.45. The predicted octanol–water partition coefficient (Wildman–Crippen LogP) is 3.05. The number of benzene rings is 1. The van der Waals surface area contributed by atoms with E-state index in [-0.39, 0.29) is 0 Å². The molecule has 0 radical (unpaired) electrons. The van der Waals surface area contributed by atoms with Crippen molar-refractivity contribution in [2.75, 3.05) is 19.6 Å². The Bertz CT molecular complexity index is 589. The Labute approximate surface area is 127 Å². The minimum atomic E-state index is 0.585. The van der Waals surface area contributed by atoms with Crippen LogP contribution in [-0.2, 0) is 6.54 Å². The quantitative estimate of drug-likeness (QED) is 0.914. The van der Waals surface area contributed by atoms with Crippen LogP contribution in [0.3, 0.4) is 0 Å². The summed E-state index contributed by atoms with van der Waals surface area (Å²) in [6, 6.07) is 11.2. The molecule has 3 nitrogen and oxygen atoms in total. The summed E-state index contributed by atoms with van der Waals surface area (Å²) < 4.78 is 0. The highest BCUT2D eigenvalue weighted by Crippen LogP contribution is 2.22. The summed E-state index contributed by atoms with van der Waals surface area (Å²) in [7, 11) is 0. The van der Waals surface area contributed by atoms with Crippen molar-refractivity contribution >= 4 is 10.9 Å². The van der Waals surface area contributed by atoms with Gasteiger partial charge in [-0.3, -0.25) is 9.88 Å². The molecule has 2 heterocycles. The lowest BCUT2D eigenvalue weighted by Gasteiger charge is -2.18. The molecule has 2 aromatic rings. The molecule has 1 N–H and O–H groups in total. The van der Waals surface area contributed by atoms with Crippen LogP contribution in [0.2, 0.25) is 0 Å². The Morgan fingerprint density at radius 3 is 3.00 bits per heavy atom. The van der Waals surface area contributed by atoms with Gasteiger partial charge in [-0.05, 0) is 37.1 Å². The van der Waals surface area contributed by atoms with E-state index in [2.05, 4.69) is 53.3 Å². The smallest absolute Gasteiger partial charge is 0.0746 e. The predicted molar refractivity (Wildman–Crippen MR) is 88.3 cm³/mol. The zero-order chi connectivity index (χ0) is 14.7. The molecule has 1 unspecified atom stereocenters. The molecule has 0 bridgehead atoms. The van der Waals surface area contributed by atoms with Crippen molar-refractivity contribution < 1.29 is 0 Å². The maximum atomic E-state index is 4.56. The second-order valence-corrected chi connectivity index (χ2v) is 6.45. The largest absolute Gasteiger partial charge is 0.314 e. The Morgan fingerprint density at radius 1 is 1.29 bits per heavy atom. The molecule has 0 aliphatic carbocycles. The molecule has 3 heteroatoms. The van der Waals surface area contributed by atoms with Crippen LogP contribution in [0.5, 0.6) is 0 Å². The second kappa shape index (κ2) is 6.54. The monoisotopic (exact) mass is 283 g/mol. The van der Waals surface area contributed by atoms with Gasteiger partial charge in [0.15, 0.2) is 0 Å². The third kappa shape index (κ3) is 3.60. The zero-order valence-electron chi connectivity index (χ0n) is 13.0. The van der Waals surface area contributed by atoms with E-state index in [0.29, 0.717) is 6.04 Å². The van der Waals surface area contributed by atoms with Crippen LogP contribution < -0.4 is 5.32 Å². The Balaban J connectivity index is 1.64. The van der Waals surface area contributed by atoms with Gasteiger partial charge < -0.3 is 5.32 Å². The Kier molecular flexibility index (Phi) is 4.51. The van der Waals surface area contributed by atoms with Crippen molar-refractivity contribution in [1.29, 1.82) is 0 Å². The van der Waals surface area contributed by atoms with Crippen LogP contribution in [0.4, 0.5) is 0 Å². The number of aromatic nitrogens is 1. The lowest BCUT2D eigenvalue weighted by Crippen LogP contribution is -2.30. The van der Waals surface area contributed by atoms with Gasteiger partial charge in [-0.2, -0.15) is 0 Å². The average molecular weight is 283 g/mol. The topological polar surface area (TPSA) is 28.2 Å². The van der Waals surface area contributed by atoms with E-state index in [0.717, 1.165) is 24.5 Å². The average Bonchev–Trinajstić information content (AvgIpc) is 2.93. The Morgan fingerprint density at radius 2 is 2.14 bits per heavy atom. The van der Waals surface area contributed by atoms with Gasteiger partial charge >= 0.3 is 0 Å². The molecular formula is C18H25N3. The highest BCUT2D eigenvalue weighted by Gasteiger charge is 2.22. The summed E-state index contributed by atoms with van der Waals surface area (Å²) in [5.41, 5.74) is 2.51. The van der Waals surface area contributed by atoms with Crippen molar-refractivity contribution in [1.82, 2.24) is 15.2 Å². The summed E-state index contributed by atoms with van der Waals surface area (Å²) in [5.74, 6) is 0.787. The number of pyridine rings is 1. The van der Waals surface area contributed by atoms with Gasteiger partial charge in [-0.25, -0.2) is 0 Å². The molecule has 1 aromatic carbocycles. The molecule has 21 heavy (non-hydrogen) atoms. The lowest BCUT2D eigenvalue weighted by atomic mass is 10.1. The van der Waals surface area contributed by atoms with E-state index in [1.807, 2.05) is 12.3 Å². The number of nitrogens with zero attached hydrogens (tertiary/aromatic N) is 2. The number of rotatable bonds is 5. The molecular weight excluding hydrogens is 258 g/mol. The lowest BCUT2D eigenvalue weighted by molar-refractivity contribution is 0.313. The third-order valence-electron chi connectivity index (χ3n) is 4.29. The van der Waals surface area contributed by atoms with Crippen LogP contribution in [0.15, 0.2) is 36.5 Å². The van der Waals surface area contributed by atoms with Crippen molar-refractivity contribution in [3.63, 3.8) is 0 Å². The van der Waals surface area contributed by atoms with E-state index < -0.39 is 0 Å². The van der Waals surface area contributed by atoms with E-state index in [1.54, 1.807) is 0 Å². The van der Waals surface area contributed by atoms with Gasteiger partial charge in [0, 0.05) is 30.7 Å². The molecule has 0 spiro atoms. The highest BCUT2D eigenvalue weighted by atomic mass is 15.1. The molecule has 1 aliphatic rings. The highest BCUT2D eigenvalue weighted by molar-refractivity contribution is 5.81. The standard InChI is InChI=1S/C18H25N3/c1-14(2)20-11-15-8-10-21(12-15)13-17-6-3-5-16-7-4-9-19-18(16)17/h3-7,9,14-15,20H,8,10-13H2,1-2H3. The number of fused-ring (bicyclic) bond motifs is 1. The third-order valence-corrected chi connectivity index (χ3v) is 4.29. The van der Waals surface area contributed by atoms with Crippen LogP contribution in [0.1, 0.15) is 25.8 Å². The first kappa shape index (κ1) is 14.5. The van der Waals surface area contributed by atoms with Crippen molar-refractivity contribution in [3.05, 3.63) is 42.1 Å². The van der Waals surface area contributed by atoms with Gasteiger partial charge in [0.2, 0.25) is 0 Å². The minimum absolute atomic E-state index is 0.585. The van der Waals surface area contributed by atoms with Crippen molar-refractivity contribution in [3.8, 4) is 0 Å². The van der Waals surface area contributed by atoms with Gasteiger partial charge in [0.1, 0.15) is 0 Å². The maximum Gasteiger partial charge on any atom is 0.0746 e. The molecule has 1 aromatic heterocycles. The normalized spacial score (nSPS) is 19.7. The summed E-state index contributed by atoms with van der Waals surface area (Å²) in [6.07, 6.45) is 3.20. The fraction of sp³-hybridized carbons (Fsp3) is 0.500. The molecule has 1 fully saturated rings. The van der Waals surface area contributed by atoms with E-state index in [9.17, 15) is 0 Å². The molecule has 1 aliphatic heterocycles. The van der Waals surface area contributed by atoms with Gasteiger partial charge in [0.05, 0.1) is 5.52 Å². The Hall–Kier alpha value is -1.45. The fourth-order valence-electron chi connectivity index (χ4n) is 3.16. The first-order chi connectivity index (χ1) is 10.2. The molecule has 3 rings (SSSR count). The summed E-state index contributed by atoms with van der Waals surface area (Å²) in [4.78, 5) is 7.13. The fourth-order valence-corrected chi connectivity index (χ4v) is 3.16. The van der Waals surface area contributed by atoms with Gasteiger partial charge in [-0.15, -0.1) is 0 Å². The first-order valence-corrected chi connectivity index (χ1v) is 8.01. The molecule has 1 saturated heterocycles. The number of hydrogen-bond acceptors (Lipinski definition) is 3. The maximum absolute atomic E-state index is 4.56. The van der Waals surface area contributed by atoms with Crippen molar-refractivity contribution in [2.45, 2.75) is 32.9 Å². The number of hydrogen-bond donors (Lipinski definition) is 1. The number of nitrogens with one attached hydrogen (secondary N) is 1. The molecule has 0 saturated carbocycles. The number of likely N-dealkylation sites (tertiary alicyclic amines) is 1. The minimum Gasteiger partial charge on any atom is -0.314 e. The SMILES string of the molecule is CC(C)NCC1CCN(Cc2cccc3cccnc23)C1. The van der Waals surface area contributed by atoms with E-state index in [4.69, 9.17) is 0 Å². The first-order valence-electron chi connectivity index (χ1n) is 8.01. The van der Waals surface area contributed by atoms with Gasteiger partial charge in [0.25, 0.3) is 0 Å². The molecule has 0 amide bonds. The summed E-state index contributed by atoms with van der Waals surface area (Å²) in [5, 5.41) is 4.81. The van der Waals surface area contributed by atoms with Crippen LogP contribution in [0.25, 0.3) is 10.9 Å². The van der Waals surface area contributed by atoms with Gasteiger partial charge in [-0.1, -0.05) is 38.1 Å². The van der Waals surface area contributed by atoms with E-state index in [1.165, 1.54) is 30.5 Å². The summed E-state index contributed by atoms with van der Waals surface area (Å²) >= 11 is 0. The molecule has 112 valence electrons. The van der Waals surface area contributed by atoms with E-state index >= 15 is 0 Å². The van der Waals surface area contributed by atoms with Crippen LogP contribution in [0, 0.1) is 5.92 Å². The molecule has 1 atom stereocenters.